The van der Waals surface area contributed by atoms with Gasteiger partial charge in [0.2, 0.25) is 0 Å². The van der Waals surface area contributed by atoms with Gasteiger partial charge in [-0.3, -0.25) is 0 Å². The van der Waals surface area contributed by atoms with Crippen LogP contribution in [0.15, 0.2) is 18.2 Å². The predicted octanol–water partition coefficient (Wildman–Crippen LogP) is 1.08. The Morgan fingerprint density at radius 2 is 1.75 bits per heavy atom. The zero-order chi connectivity index (χ0) is 14.0. The average Bonchev–Trinajstić information content (AvgIpc) is 2.26. The molecule has 0 heterocycles. The molecule has 0 amide bonds. The summed E-state index contributed by atoms with van der Waals surface area (Å²) >= 11 is 0. The van der Waals surface area contributed by atoms with Gasteiger partial charge in [-0.25, -0.2) is 0 Å². The summed E-state index contributed by atoms with van der Waals surface area (Å²) in [4.78, 5) is 0. The maximum atomic E-state index is 6.32. The first kappa shape index (κ1) is 22.4. The molecular formula is C15H25ClMgO2Si. The van der Waals surface area contributed by atoms with Gasteiger partial charge >= 0.3 is 23.1 Å². The Bertz CT molecular complexity index is 417. The Labute approximate surface area is 147 Å². The van der Waals surface area contributed by atoms with Crippen molar-refractivity contribution in [3.63, 3.8) is 0 Å². The first-order valence-corrected chi connectivity index (χ1v) is 9.28. The van der Waals surface area contributed by atoms with Crippen molar-refractivity contribution in [1.29, 1.82) is 0 Å². The number of ether oxygens (including phenoxy) is 1. The second-order valence-corrected chi connectivity index (χ2v) is 10.8. The molecule has 1 rings (SSSR count). The van der Waals surface area contributed by atoms with Crippen molar-refractivity contribution in [1.82, 2.24) is 0 Å². The van der Waals surface area contributed by atoms with Crippen LogP contribution in [-0.4, -0.2) is 38.5 Å². The van der Waals surface area contributed by atoms with Crippen LogP contribution >= 0.6 is 0 Å². The molecule has 0 atom stereocenters. The van der Waals surface area contributed by atoms with Gasteiger partial charge in [0.15, 0.2) is 5.75 Å². The molecular weight excluding hydrogens is 300 g/mol. The molecule has 0 saturated heterocycles. The van der Waals surface area contributed by atoms with Gasteiger partial charge in [0.25, 0.3) is 8.32 Å². The van der Waals surface area contributed by atoms with E-state index in [-0.39, 0.29) is 40.5 Å². The fourth-order valence-corrected chi connectivity index (χ4v) is 2.51. The predicted molar refractivity (Wildman–Crippen MR) is 85.6 cm³/mol. The molecule has 0 aliphatic rings. The number of methoxy groups -OCH3 is 1. The van der Waals surface area contributed by atoms with Crippen molar-refractivity contribution < 1.29 is 21.6 Å². The minimum atomic E-state index is -1.83. The molecule has 1 aromatic rings. The average molecular weight is 325 g/mol. The van der Waals surface area contributed by atoms with E-state index in [4.69, 9.17) is 9.16 Å². The van der Waals surface area contributed by atoms with Crippen molar-refractivity contribution >= 4 is 31.4 Å². The minimum absolute atomic E-state index is 0. The number of hydrogen-bond donors (Lipinski definition) is 0. The fraction of sp³-hybridized carbons (Fsp3) is 0.533. The molecule has 0 unspecified atom stereocenters. The fourth-order valence-electron chi connectivity index (χ4n) is 1.50. The van der Waals surface area contributed by atoms with Crippen LogP contribution in [0.2, 0.25) is 18.1 Å². The third-order valence-corrected chi connectivity index (χ3v) is 8.05. The molecule has 0 spiro atoms. The zero-order valence-electron chi connectivity index (χ0n) is 13.5. The van der Waals surface area contributed by atoms with E-state index >= 15 is 0 Å². The second kappa shape index (κ2) is 8.52. The second-order valence-electron chi connectivity index (χ2n) is 6.06. The summed E-state index contributed by atoms with van der Waals surface area (Å²) in [7, 11) is -0.142. The zero-order valence-corrected chi connectivity index (χ0v) is 16.7. The first-order chi connectivity index (χ1) is 8.23. The van der Waals surface area contributed by atoms with E-state index in [2.05, 4.69) is 40.8 Å². The molecule has 20 heavy (non-hydrogen) atoms. The molecule has 0 aliphatic carbocycles. The van der Waals surface area contributed by atoms with E-state index in [0.29, 0.717) is 6.42 Å². The number of halogens is 1. The summed E-state index contributed by atoms with van der Waals surface area (Å²) < 4.78 is 11.8. The molecule has 0 aromatic heterocycles. The number of rotatable bonds is 4. The molecule has 0 fully saturated rings. The number of para-hydroxylation sites is 1. The molecule has 2 nitrogen and oxygen atoms in total. The molecule has 0 radical (unpaired) electrons. The van der Waals surface area contributed by atoms with Crippen molar-refractivity contribution in [2.45, 2.75) is 45.3 Å². The van der Waals surface area contributed by atoms with Crippen LogP contribution in [0.5, 0.6) is 11.5 Å². The van der Waals surface area contributed by atoms with Gasteiger partial charge in [-0.1, -0.05) is 32.9 Å². The molecule has 0 N–H and O–H groups in total. The molecule has 0 aliphatic heterocycles. The summed E-state index contributed by atoms with van der Waals surface area (Å²) in [5.74, 6) is 1.68. The Kier molecular flexibility index (Phi) is 9.53. The Balaban J connectivity index is 0. The van der Waals surface area contributed by atoms with Crippen LogP contribution in [0, 0.1) is 6.92 Å². The van der Waals surface area contributed by atoms with Crippen molar-refractivity contribution in [2.75, 3.05) is 7.11 Å². The minimum Gasteiger partial charge on any atom is -1.00 e. The van der Waals surface area contributed by atoms with Gasteiger partial charge in [-0.15, -0.1) is 0 Å². The van der Waals surface area contributed by atoms with Gasteiger partial charge in [0, 0.05) is 0 Å². The van der Waals surface area contributed by atoms with E-state index in [1.54, 1.807) is 7.11 Å². The maximum Gasteiger partial charge on any atom is 2.00 e. The summed E-state index contributed by atoms with van der Waals surface area (Å²) in [5.41, 5.74) is 1.09. The summed E-state index contributed by atoms with van der Waals surface area (Å²) in [5, 5.41) is 0.179. The van der Waals surface area contributed by atoms with Gasteiger partial charge in [-0.05, 0) is 29.8 Å². The largest absolute Gasteiger partial charge is 2.00 e. The van der Waals surface area contributed by atoms with Gasteiger partial charge in [0.1, 0.15) is 5.75 Å². The van der Waals surface area contributed by atoms with Crippen LogP contribution in [-0.2, 0) is 6.42 Å². The molecule has 0 saturated carbocycles. The Morgan fingerprint density at radius 3 is 2.15 bits per heavy atom. The number of benzene rings is 1. The van der Waals surface area contributed by atoms with Crippen molar-refractivity contribution in [3.8, 4) is 11.5 Å². The van der Waals surface area contributed by atoms with E-state index in [1.165, 1.54) is 0 Å². The standard InChI is InChI=1S/C15H25O2Si.ClH.Mg/c1-8-12-10-9-11-13(14(12)16-5)17-18(6,7)15(2,3)4;;/h9-11H,1,8H2,2-7H3;1H;/q-1;;+2/p-1. The van der Waals surface area contributed by atoms with Gasteiger partial charge in [-0.2, -0.15) is 6.42 Å². The van der Waals surface area contributed by atoms with Crippen LogP contribution in [0.25, 0.3) is 0 Å². The SMILES string of the molecule is [CH2-]Cc1cccc(O[Si](C)(C)C(C)(C)C)c1OC.[Cl-].[Mg+2]. The van der Waals surface area contributed by atoms with Crippen LogP contribution < -0.4 is 21.6 Å². The van der Waals surface area contributed by atoms with E-state index in [1.807, 2.05) is 18.2 Å². The van der Waals surface area contributed by atoms with E-state index in [9.17, 15) is 0 Å². The van der Waals surface area contributed by atoms with E-state index < -0.39 is 8.32 Å². The van der Waals surface area contributed by atoms with E-state index in [0.717, 1.165) is 17.1 Å². The van der Waals surface area contributed by atoms with Crippen molar-refractivity contribution in [3.05, 3.63) is 30.7 Å². The quantitative estimate of drug-likeness (QED) is 0.609. The van der Waals surface area contributed by atoms with Gasteiger partial charge in [0.05, 0.1) is 7.11 Å². The first-order valence-electron chi connectivity index (χ1n) is 6.37. The third-order valence-electron chi connectivity index (χ3n) is 3.71. The van der Waals surface area contributed by atoms with Crippen molar-refractivity contribution in [2.24, 2.45) is 0 Å². The maximum absolute atomic E-state index is 6.32. The van der Waals surface area contributed by atoms with Crippen LogP contribution in [0.3, 0.4) is 0 Å². The smallest absolute Gasteiger partial charge is 1.00 e. The van der Waals surface area contributed by atoms with Crippen LogP contribution in [0.1, 0.15) is 26.3 Å². The third kappa shape index (κ3) is 5.13. The molecule has 0 bridgehead atoms. The monoisotopic (exact) mass is 324 g/mol. The van der Waals surface area contributed by atoms with Gasteiger partial charge < -0.3 is 28.5 Å². The summed E-state index contributed by atoms with van der Waals surface area (Å²) in [6.07, 6.45) is 0.706. The normalized spacial score (nSPS) is 11.2. The summed E-state index contributed by atoms with van der Waals surface area (Å²) in [6, 6.07) is 6.02. The molecule has 5 heteroatoms. The number of hydrogen-bond acceptors (Lipinski definition) is 2. The topological polar surface area (TPSA) is 18.5 Å². The van der Waals surface area contributed by atoms with Crippen LogP contribution in [0.4, 0.5) is 0 Å². The molecule has 110 valence electrons. The Hall–Kier alpha value is 0.0931. The summed E-state index contributed by atoms with van der Waals surface area (Å²) in [6.45, 7) is 15.1. The Morgan fingerprint density at radius 1 is 1.20 bits per heavy atom. The molecule has 1 aromatic carbocycles.